The van der Waals surface area contributed by atoms with Crippen LogP contribution in [0, 0.1) is 5.82 Å². The van der Waals surface area contributed by atoms with Crippen molar-refractivity contribution in [1.82, 2.24) is 0 Å². The summed E-state index contributed by atoms with van der Waals surface area (Å²) in [6.45, 7) is 3.99. The van der Waals surface area contributed by atoms with Crippen LogP contribution in [0.1, 0.15) is 25.8 Å². The molecule has 3 nitrogen and oxygen atoms in total. The highest BCUT2D eigenvalue weighted by atomic mass is 19.1. The van der Waals surface area contributed by atoms with E-state index in [1.165, 1.54) is 12.1 Å². The minimum absolute atomic E-state index is 0.176. The van der Waals surface area contributed by atoms with Gasteiger partial charge in [-0.15, -0.1) is 0 Å². The van der Waals surface area contributed by atoms with Crippen LogP contribution in [0.3, 0.4) is 0 Å². The number of methoxy groups -OCH3 is 1. The van der Waals surface area contributed by atoms with Gasteiger partial charge in [-0.3, -0.25) is 4.79 Å². The fraction of sp³-hybridized carbons (Fsp3) is 0.190. The van der Waals surface area contributed by atoms with Crippen LogP contribution in [-0.4, -0.2) is 7.11 Å². The van der Waals surface area contributed by atoms with Crippen LogP contribution in [0.25, 0.3) is 28.4 Å². The maximum atomic E-state index is 14.4. The SMILES string of the molecule is CC/C(C)=C/c1ccc(-c2cc(=O)c3ccc(OC)cc3o2)cc1F. The van der Waals surface area contributed by atoms with E-state index >= 15 is 0 Å². The number of fused-ring (bicyclic) bond motifs is 1. The molecule has 0 aliphatic rings. The molecule has 0 saturated heterocycles. The van der Waals surface area contributed by atoms with E-state index in [1.807, 2.05) is 19.9 Å². The van der Waals surface area contributed by atoms with E-state index in [0.717, 1.165) is 12.0 Å². The van der Waals surface area contributed by atoms with Crippen LogP contribution in [0.5, 0.6) is 5.75 Å². The van der Waals surface area contributed by atoms with Crippen LogP contribution in [0.15, 0.2) is 57.2 Å². The minimum atomic E-state index is -0.348. The number of allylic oxidation sites excluding steroid dienone is 1. The van der Waals surface area contributed by atoms with E-state index in [-0.39, 0.29) is 11.2 Å². The van der Waals surface area contributed by atoms with Crippen molar-refractivity contribution in [2.45, 2.75) is 20.3 Å². The number of halogens is 1. The highest BCUT2D eigenvalue weighted by Crippen LogP contribution is 2.26. The molecule has 0 aliphatic heterocycles. The van der Waals surface area contributed by atoms with Crippen LogP contribution in [0.4, 0.5) is 4.39 Å². The Morgan fingerprint density at radius 3 is 2.68 bits per heavy atom. The van der Waals surface area contributed by atoms with Gasteiger partial charge in [0.05, 0.1) is 12.5 Å². The second-order valence-corrected chi connectivity index (χ2v) is 5.92. The third-order valence-corrected chi connectivity index (χ3v) is 4.18. The predicted molar refractivity (Wildman–Crippen MR) is 98.4 cm³/mol. The second kappa shape index (κ2) is 6.93. The van der Waals surface area contributed by atoms with E-state index in [0.29, 0.717) is 33.6 Å². The smallest absolute Gasteiger partial charge is 0.193 e. The van der Waals surface area contributed by atoms with Crippen LogP contribution >= 0.6 is 0 Å². The van der Waals surface area contributed by atoms with E-state index in [1.54, 1.807) is 37.4 Å². The van der Waals surface area contributed by atoms with Crippen molar-refractivity contribution >= 4 is 17.0 Å². The molecule has 0 unspecified atom stereocenters. The first-order chi connectivity index (χ1) is 12.0. The third kappa shape index (κ3) is 3.48. The lowest BCUT2D eigenvalue weighted by Crippen LogP contribution is -2.00. The van der Waals surface area contributed by atoms with Gasteiger partial charge < -0.3 is 9.15 Å². The summed E-state index contributed by atoms with van der Waals surface area (Å²) in [6, 6.07) is 11.2. The average molecular weight is 338 g/mol. The Morgan fingerprint density at radius 2 is 2.00 bits per heavy atom. The lowest BCUT2D eigenvalue weighted by Gasteiger charge is -2.06. The maximum Gasteiger partial charge on any atom is 0.193 e. The highest BCUT2D eigenvalue weighted by molar-refractivity contribution is 5.80. The summed E-state index contributed by atoms with van der Waals surface area (Å²) in [4.78, 5) is 12.3. The van der Waals surface area contributed by atoms with Gasteiger partial charge in [0.15, 0.2) is 5.43 Å². The van der Waals surface area contributed by atoms with Crippen molar-refractivity contribution in [2.24, 2.45) is 0 Å². The molecule has 0 spiro atoms. The average Bonchev–Trinajstić information content (AvgIpc) is 2.62. The fourth-order valence-corrected chi connectivity index (χ4v) is 2.57. The molecule has 4 heteroatoms. The molecule has 2 aromatic carbocycles. The molecule has 0 aliphatic carbocycles. The lowest BCUT2D eigenvalue weighted by atomic mass is 10.1. The Kier molecular flexibility index (Phi) is 4.70. The number of benzene rings is 2. The molecule has 0 amide bonds. The van der Waals surface area contributed by atoms with Gasteiger partial charge in [0.1, 0.15) is 22.9 Å². The topological polar surface area (TPSA) is 39.4 Å². The summed E-state index contributed by atoms with van der Waals surface area (Å²) in [5, 5.41) is 0.461. The Labute approximate surface area is 145 Å². The molecule has 0 fully saturated rings. The number of rotatable bonds is 4. The van der Waals surface area contributed by atoms with E-state index in [2.05, 4.69) is 0 Å². The molecular weight excluding hydrogens is 319 g/mol. The Bertz CT molecular complexity index is 1020. The van der Waals surface area contributed by atoms with Gasteiger partial charge in [-0.2, -0.15) is 0 Å². The maximum absolute atomic E-state index is 14.4. The molecule has 0 radical (unpaired) electrons. The van der Waals surface area contributed by atoms with Crippen molar-refractivity contribution in [2.75, 3.05) is 7.11 Å². The van der Waals surface area contributed by atoms with Gasteiger partial charge in [-0.1, -0.05) is 30.7 Å². The van der Waals surface area contributed by atoms with Crippen molar-refractivity contribution in [3.8, 4) is 17.1 Å². The highest BCUT2D eigenvalue weighted by Gasteiger charge is 2.10. The summed E-state index contributed by atoms with van der Waals surface area (Å²) >= 11 is 0. The number of ether oxygens (including phenoxy) is 1. The van der Waals surface area contributed by atoms with Crippen molar-refractivity contribution in [3.63, 3.8) is 0 Å². The first kappa shape index (κ1) is 17.0. The summed E-state index contributed by atoms with van der Waals surface area (Å²) in [5.41, 5.74) is 2.37. The molecule has 25 heavy (non-hydrogen) atoms. The van der Waals surface area contributed by atoms with Crippen LogP contribution < -0.4 is 10.2 Å². The minimum Gasteiger partial charge on any atom is -0.497 e. The molecule has 0 bridgehead atoms. The zero-order valence-corrected chi connectivity index (χ0v) is 14.4. The Hall–Kier alpha value is -2.88. The van der Waals surface area contributed by atoms with E-state index < -0.39 is 0 Å². The van der Waals surface area contributed by atoms with Gasteiger partial charge in [-0.05, 0) is 31.5 Å². The number of hydrogen-bond donors (Lipinski definition) is 0. The molecule has 3 rings (SSSR count). The van der Waals surface area contributed by atoms with Gasteiger partial charge >= 0.3 is 0 Å². The summed E-state index contributed by atoms with van der Waals surface area (Å²) in [6.07, 6.45) is 2.68. The molecule has 0 N–H and O–H groups in total. The van der Waals surface area contributed by atoms with Crippen molar-refractivity contribution < 1.29 is 13.5 Å². The Balaban J connectivity index is 2.10. The Morgan fingerprint density at radius 1 is 1.20 bits per heavy atom. The van der Waals surface area contributed by atoms with Gasteiger partial charge in [-0.25, -0.2) is 4.39 Å². The quantitative estimate of drug-likeness (QED) is 0.637. The van der Waals surface area contributed by atoms with Gasteiger partial charge in [0.25, 0.3) is 0 Å². The molecule has 128 valence electrons. The zero-order chi connectivity index (χ0) is 18.0. The fourth-order valence-electron chi connectivity index (χ4n) is 2.57. The normalized spacial score (nSPS) is 11.8. The molecule has 0 saturated carbocycles. The number of hydrogen-bond acceptors (Lipinski definition) is 3. The standard InChI is InChI=1S/C21H19FO3/c1-4-13(2)9-14-5-6-15(10-18(14)22)20-12-19(23)17-8-7-16(24-3)11-21(17)25-20/h5-12H,4H2,1-3H3/b13-9+. The zero-order valence-electron chi connectivity index (χ0n) is 14.4. The van der Waals surface area contributed by atoms with E-state index in [9.17, 15) is 9.18 Å². The third-order valence-electron chi connectivity index (χ3n) is 4.18. The second-order valence-electron chi connectivity index (χ2n) is 5.92. The lowest BCUT2D eigenvalue weighted by molar-refractivity contribution is 0.414. The first-order valence-electron chi connectivity index (χ1n) is 8.11. The van der Waals surface area contributed by atoms with Gasteiger partial charge in [0, 0.05) is 23.3 Å². The predicted octanol–water partition coefficient (Wildman–Crippen LogP) is 5.42. The van der Waals surface area contributed by atoms with Crippen molar-refractivity contribution in [3.05, 3.63) is 69.6 Å². The summed E-state index contributed by atoms with van der Waals surface area (Å²) in [5.74, 6) is 0.570. The molecule has 3 aromatic rings. The summed E-state index contributed by atoms with van der Waals surface area (Å²) < 4.78 is 25.3. The monoisotopic (exact) mass is 338 g/mol. The molecular formula is C21H19FO3. The van der Waals surface area contributed by atoms with Crippen LogP contribution in [0.2, 0.25) is 0 Å². The largest absolute Gasteiger partial charge is 0.497 e. The summed E-state index contributed by atoms with van der Waals surface area (Å²) in [7, 11) is 1.54. The molecule has 1 aromatic heterocycles. The van der Waals surface area contributed by atoms with Crippen molar-refractivity contribution in [1.29, 1.82) is 0 Å². The molecule has 1 heterocycles. The molecule has 0 atom stereocenters. The van der Waals surface area contributed by atoms with E-state index in [4.69, 9.17) is 9.15 Å². The van der Waals surface area contributed by atoms with Gasteiger partial charge in [0.2, 0.25) is 0 Å². The first-order valence-corrected chi connectivity index (χ1v) is 8.11. The van der Waals surface area contributed by atoms with Crippen LogP contribution in [-0.2, 0) is 0 Å².